The number of benzene rings is 4. The number of phenolic OH excluding ortho intramolecular Hbond substituents is 1. The zero-order valence-electron chi connectivity index (χ0n) is 79.5. The first-order chi connectivity index (χ1) is 67.5. The molecular formula is C92H124N20O28S3. The smallest absolute Gasteiger partial charge is 0.305 e. The molecule has 3 heterocycles. The highest BCUT2D eigenvalue weighted by Gasteiger charge is 2.42. The van der Waals surface area contributed by atoms with Crippen LogP contribution in [0.5, 0.6) is 5.75 Å². The number of carbonyl (C=O) groups is 23. The summed E-state index contributed by atoms with van der Waals surface area (Å²) in [5, 5.41) is 85.9. The number of hydrogen-bond donors (Lipinski definition) is 22. The highest BCUT2D eigenvalue weighted by molar-refractivity contribution is 7.99. The van der Waals surface area contributed by atoms with Gasteiger partial charge in [-0.3, -0.25) is 110 Å². The van der Waals surface area contributed by atoms with Crippen molar-refractivity contribution in [2.75, 3.05) is 73.8 Å². The van der Waals surface area contributed by atoms with E-state index in [1.165, 1.54) is 90.9 Å². The molecule has 778 valence electrons. The standard InChI is InChI=1S/C92H124N20O28S3/c1-48(93)78(127)107-66-46-142-37-28-70(116)111-32-30-110-31-33-112(35-34-111)71(117)29-38-143-47-67(108-80(129)50(3)96-83(132)61(41-54-17-12-16-53-15-10-11-18-56(53)54)103-81(130)57(23-25-72(118)119)98-86(135)62(42-68(94)114)100-79(128)49(2)97-89(66)138)90(139)99-58(24-26-73(120)121)82(131)104-63(43-74(122)123)87(136)102-59(39-51-13-8-7-9-14-51)84(133)101-60(40-52-19-21-55(113)22-20-52)85(134)105-64(44-75(124)125)88(137)109-76(92(4,5)6)91(140)106-65(77(95)126)45-141-36-27-69(110)115/h7-22,48-50,57-67,76,113H,23-47,93H2,1-6H3,(H2,94,114)(H2,95,126)(H,96,132)(H,97,138)(H,98,135)(H,99,139)(H,100,128)(H,101,133)(H,102,136)(H,103,130)(H,104,131)(H,105,134)(H,106,140)(H,107,127)(H,108,129)(H,109,137)(H,118,119)(H,120,121)(H,122,123)(H,124,125)/t48-,49+,50+,57-,58-,59-,60-,61-,62-,63-,64-,65-,66-,67-,76+/m0/s1. The van der Waals surface area contributed by atoms with Gasteiger partial charge >= 0.3 is 23.9 Å². The van der Waals surface area contributed by atoms with E-state index in [2.05, 4.69) is 74.4 Å². The van der Waals surface area contributed by atoms with Gasteiger partial charge in [0, 0.05) is 125 Å². The van der Waals surface area contributed by atoms with Crippen molar-refractivity contribution in [1.29, 1.82) is 0 Å². The third-order valence-corrected chi connectivity index (χ3v) is 26.1. The van der Waals surface area contributed by atoms with Crippen LogP contribution in [-0.2, 0) is 130 Å². The van der Waals surface area contributed by atoms with Crippen LogP contribution in [0.1, 0.15) is 122 Å². The van der Waals surface area contributed by atoms with Gasteiger partial charge in [-0.15, -0.1) is 0 Å². The van der Waals surface area contributed by atoms with Crippen molar-refractivity contribution in [3.05, 3.63) is 114 Å². The van der Waals surface area contributed by atoms with Gasteiger partial charge in [0.1, 0.15) is 90.3 Å². The number of carboxylic acids is 4. The molecule has 0 spiro atoms. The highest BCUT2D eigenvalue weighted by Crippen LogP contribution is 2.25. The lowest BCUT2D eigenvalue weighted by atomic mass is 9.85. The molecule has 3 aliphatic heterocycles. The van der Waals surface area contributed by atoms with Crippen LogP contribution in [0.15, 0.2) is 97.1 Å². The molecule has 3 saturated heterocycles. The number of aromatic hydroxyl groups is 1. The number of carbonyl (C=O) groups excluding carboxylic acids is 19. The maximum absolute atomic E-state index is 15.3. The molecule has 4 aromatic carbocycles. The molecule has 15 atom stereocenters. The molecule has 0 unspecified atom stereocenters. The number of primary amides is 2. The van der Waals surface area contributed by atoms with Crippen LogP contribution in [0.25, 0.3) is 10.8 Å². The first kappa shape index (κ1) is 116. The molecule has 0 radical (unpaired) electrons. The average molecular weight is 2050 g/mol. The summed E-state index contributed by atoms with van der Waals surface area (Å²) < 4.78 is 0. The molecule has 51 heteroatoms. The van der Waals surface area contributed by atoms with Crippen LogP contribution in [-0.4, -0.2) is 341 Å². The number of aliphatic carboxylic acids is 4. The maximum Gasteiger partial charge on any atom is 0.305 e. The molecular weight excluding hydrogens is 1930 g/mol. The van der Waals surface area contributed by atoms with E-state index in [9.17, 15) is 121 Å². The molecule has 4 aromatic rings. The highest BCUT2D eigenvalue weighted by atomic mass is 32.2. The van der Waals surface area contributed by atoms with E-state index in [4.69, 9.17) is 17.2 Å². The molecule has 0 aromatic heterocycles. The predicted molar refractivity (Wildman–Crippen MR) is 518 cm³/mol. The normalized spacial score (nSPS) is 24.5. The van der Waals surface area contributed by atoms with Crippen molar-refractivity contribution >= 4 is 182 Å². The van der Waals surface area contributed by atoms with Gasteiger partial charge in [0.15, 0.2) is 0 Å². The Balaban J connectivity index is 1.36. The summed E-state index contributed by atoms with van der Waals surface area (Å²) >= 11 is 2.77. The largest absolute Gasteiger partial charge is 0.508 e. The lowest BCUT2D eigenvalue weighted by Gasteiger charge is -2.33. The van der Waals surface area contributed by atoms with Crippen LogP contribution in [0.3, 0.4) is 0 Å². The fourth-order valence-electron chi connectivity index (χ4n) is 14.9. The molecule has 3 aliphatic rings. The predicted octanol–water partition coefficient (Wildman–Crippen LogP) is -5.27. The number of phenols is 1. The van der Waals surface area contributed by atoms with Gasteiger partial charge in [-0.05, 0) is 78.6 Å². The molecule has 48 nitrogen and oxygen atoms in total. The van der Waals surface area contributed by atoms with Crippen LogP contribution < -0.4 is 91.6 Å². The minimum Gasteiger partial charge on any atom is -0.508 e. The van der Waals surface area contributed by atoms with E-state index in [1.54, 1.807) is 48.5 Å². The Morgan fingerprint density at radius 1 is 0.406 bits per heavy atom. The van der Waals surface area contributed by atoms with Gasteiger partial charge in [0.05, 0.1) is 25.3 Å². The lowest BCUT2D eigenvalue weighted by molar-refractivity contribution is -0.142. The fourth-order valence-corrected chi connectivity index (χ4v) is 17.8. The van der Waals surface area contributed by atoms with Crippen molar-refractivity contribution in [1.82, 2.24) is 89.1 Å². The third-order valence-electron chi connectivity index (χ3n) is 23.0. The Hall–Kier alpha value is -14.2. The molecule has 4 bridgehead atoms. The second kappa shape index (κ2) is 56.4. The van der Waals surface area contributed by atoms with Crippen molar-refractivity contribution in [3.63, 3.8) is 0 Å². The Kier molecular flexibility index (Phi) is 45.7. The zero-order valence-corrected chi connectivity index (χ0v) is 81.9. The van der Waals surface area contributed by atoms with Gasteiger partial charge in [-0.1, -0.05) is 106 Å². The molecule has 19 amide bonds. The number of hydrogen-bond acceptors (Lipinski definition) is 28. The summed E-state index contributed by atoms with van der Waals surface area (Å²) in [7, 11) is 0. The molecule has 0 aliphatic carbocycles. The minimum atomic E-state index is -2.27. The first-order valence-corrected chi connectivity index (χ1v) is 49.3. The van der Waals surface area contributed by atoms with Gasteiger partial charge in [-0.25, -0.2) is 0 Å². The second-order valence-electron chi connectivity index (χ2n) is 35.4. The van der Waals surface area contributed by atoms with Gasteiger partial charge in [0.25, 0.3) is 0 Å². The monoisotopic (exact) mass is 2050 g/mol. The van der Waals surface area contributed by atoms with Crippen molar-refractivity contribution in [2.45, 2.75) is 216 Å². The lowest BCUT2D eigenvalue weighted by Crippen LogP contribution is -2.62. The summed E-state index contributed by atoms with van der Waals surface area (Å²) in [6.07, 6.45) is -9.37. The van der Waals surface area contributed by atoms with Gasteiger partial charge < -0.3 is 132 Å². The summed E-state index contributed by atoms with van der Waals surface area (Å²) in [5.41, 5.74) is 16.9. The summed E-state index contributed by atoms with van der Waals surface area (Å²) in [5.74, 6) is -29.4. The van der Waals surface area contributed by atoms with Gasteiger partial charge in [0.2, 0.25) is 112 Å². The third kappa shape index (κ3) is 38.6. The number of rotatable bonds is 21. The molecule has 3 fully saturated rings. The van der Waals surface area contributed by atoms with E-state index in [1.807, 2.05) is 0 Å². The van der Waals surface area contributed by atoms with Crippen LogP contribution >= 0.6 is 35.3 Å². The van der Waals surface area contributed by atoms with E-state index < -0.39 is 309 Å². The van der Waals surface area contributed by atoms with Gasteiger partial charge in [-0.2, -0.15) is 35.3 Å². The van der Waals surface area contributed by atoms with E-state index in [-0.39, 0.29) is 92.2 Å². The maximum atomic E-state index is 15.3. The average Bonchev–Trinajstić information content (AvgIpc) is 1.02. The number of carboxylic acid groups (broad SMARTS) is 4. The number of fused-ring (bicyclic) bond motifs is 10. The number of amides is 19. The van der Waals surface area contributed by atoms with Crippen LogP contribution in [0.4, 0.5) is 0 Å². The SMILES string of the molecule is C[C@H](N)C(=O)N[C@H]1CSCCC(=O)N2CCN3CCN(CC2)C(=O)CCSC[C@H](NC(=O)[C@@H](C)NC(=O)[C@H](Cc2cccc4ccccc24)NC(=O)[C@H](CCC(=O)O)NC(=O)[C@H](CC(N)=O)NC(=O)[C@@H](C)NC1=O)C(=O)N[C@@H](CCC(=O)O)C(=O)N[C@@H](CC(=O)O)C(=O)N[C@@H](Cc1ccccc1)C(=O)N[C@@H](Cc1ccc(O)cc1)C(=O)N[C@@H](CC(=O)O)C(=O)N[C@@H](C(C)(C)C)C(=O)N[C@H](C(N)=O)CSCCC3=O. The van der Waals surface area contributed by atoms with E-state index in [0.717, 1.165) is 49.1 Å². The second-order valence-corrected chi connectivity index (χ2v) is 38.8. The zero-order chi connectivity index (χ0) is 106. The quantitative estimate of drug-likeness (QED) is 0.0371. The molecule has 7 rings (SSSR count). The number of nitrogens with zero attached hydrogens (tertiary/aromatic N) is 3. The van der Waals surface area contributed by atoms with Crippen molar-refractivity contribution < 1.29 is 136 Å². The van der Waals surface area contributed by atoms with Crippen LogP contribution in [0.2, 0.25) is 0 Å². The Bertz CT molecular complexity index is 5300. The minimum absolute atomic E-state index is 0.0739. The number of thioether (sulfide) groups is 3. The Labute approximate surface area is 834 Å². The summed E-state index contributed by atoms with van der Waals surface area (Å²) in [4.78, 5) is 330. The fraction of sp³-hybridized carbons (Fsp3) is 0.511. The van der Waals surface area contributed by atoms with Crippen molar-refractivity contribution in [2.24, 2.45) is 22.6 Å². The Morgan fingerprint density at radius 2 is 0.790 bits per heavy atom. The molecule has 143 heavy (non-hydrogen) atoms. The van der Waals surface area contributed by atoms with E-state index in [0.29, 0.717) is 21.9 Å². The van der Waals surface area contributed by atoms with Crippen molar-refractivity contribution in [3.8, 4) is 5.75 Å². The molecule has 25 N–H and O–H groups in total. The molecule has 0 saturated carbocycles. The Morgan fingerprint density at radius 3 is 1.26 bits per heavy atom. The first-order valence-electron chi connectivity index (χ1n) is 45.8. The number of nitrogens with one attached hydrogen (secondary N) is 14. The number of nitrogens with two attached hydrogens (primary N) is 3. The summed E-state index contributed by atoms with van der Waals surface area (Å²) in [6, 6.07) is -2.86. The van der Waals surface area contributed by atoms with E-state index >= 15 is 14.4 Å². The summed E-state index contributed by atoms with van der Waals surface area (Å²) in [6.45, 7) is 7.02. The van der Waals surface area contributed by atoms with Crippen LogP contribution in [0, 0.1) is 5.41 Å². The topological polar surface area (TPSA) is 750 Å².